The predicted octanol–water partition coefficient (Wildman–Crippen LogP) is 4.61. The van der Waals surface area contributed by atoms with Gasteiger partial charge in [0.15, 0.2) is 0 Å². The second kappa shape index (κ2) is 5.02. The van der Waals surface area contributed by atoms with Gasteiger partial charge in [-0.1, -0.05) is 48.5 Å². The summed E-state index contributed by atoms with van der Waals surface area (Å²) in [4.78, 5) is 0. The molecule has 0 amide bonds. The standard InChI is InChI=1S/C16H13BrN2/c1-12-7-5-6-10-15(12)19-16(14(17)11-18-19)13-8-3-2-4-9-13/h2-11H,1H3. The van der Waals surface area contributed by atoms with Crippen molar-refractivity contribution in [2.24, 2.45) is 0 Å². The van der Waals surface area contributed by atoms with Crippen LogP contribution in [0.1, 0.15) is 5.56 Å². The molecule has 0 unspecified atom stereocenters. The van der Waals surface area contributed by atoms with Gasteiger partial charge in [-0.2, -0.15) is 5.10 Å². The summed E-state index contributed by atoms with van der Waals surface area (Å²) in [6.07, 6.45) is 1.84. The summed E-state index contributed by atoms with van der Waals surface area (Å²) in [5, 5.41) is 4.49. The van der Waals surface area contributed by atoms with Crippen LogP contribution in [-0.4, -0.2) is 9.78 Å². The molecule has 2 aromatic carbocycles. The zero-order chi connectivity index (χ0) is 13.2. The summed E-state index contributed by atoms with van der Waals surface area (Å²) >= 11 is 3.59. The summed E-state index contributed by atoms with van der Waals surface area (Å²) in [6.45, 7) is 2.10. The van der Waals surface area contributed by atoms with Gasteiger partial charge in [-0.25, -0.2) is 4.68 Å². The highest BCUT2D eigenvalue weighted by Crippen LogP contribution is 2.30. The third kappa shape index (κ3) is 2.22. The highest BCUT2D eigenvalue weighted by Gasteiger charge is 2.13. The first-order valence-electron chi connectivity index (χ1n) is 6.12. The maximum absolute atomic E-state index is 4.49. The SMILES string of the molecule is Cc1ccccc1-n1ncc(Br)c1-c1ccccc1. The normalized spacial score (nSPS) is 10.6. The van der Waals surface area contributed by atoms with Gasteiger partial charge in [0.25, 0.3) is 0 Å². The van der Waals surface area contributed by atoms with Crippen LogP contribution in [-0.2, 0) is 0 Å². The van der Waals surface area contributed by atoms with Gasteiger partial charge in [0, 0.05) is 5.56 Å². The van der Waals surface area contributed by atoms with E-state index in [1.54, 1.807) is 0 Å². The first kappa shape index (κ1) is 12.2. The minimum Gasteiger partial charge on any atom is -0.232 e. The third-order valence-corrected chi connectivity index (χ3v) is 3.70. The maximum Gasteiger partial charge on any atom is 0.0883 e. The second-order valence-corrected chi connectivity index (χ2v) is 5.26. The fourth-order valence-electron chi connectivity index (χ4n) is 2.17. The molecule has 0 aliphatic carbocycles. The van der Waals surface area contributed by atoms with E-state index >= 15 is 0 Å². The van der Waals surface area contributed by atoms with Crippen LogP contribution >= 0.6 is 15.9 Å². The Kier molecular flexibility index (Phi) is 3.22. The summed E-state index contributed by atoms with van der Waals surface area (Å²) < 4.78 is 2.98. The van der Waals surface area contributed by atoms with Crippen LogP contribution in [0.15, 0.2) is 65.3 Å². The number of hydrogen-bond donors (Lipinski definition) is 0. The molecule has 1 aromatic heterocycles. The third-order valence-electron chi connectivity index (χ3n) is 3.12. The lowest BCUT2D eigenvalue weighted by Gasteiger charge is -2.10. The Labute approximate surface area is 120 Å². The molecule has 3 heteroatoms. The molecule has 0 fully saturated rings. The molecule has 1 heterocycles. The van der Waals surface area contributed by atoms with E-state index in [2.05, 4.69) is 52.2 Å². The average Bonchev–Trinajstić information content (AvgIpc) is 2.82. The number of hydrogen-bond acceptors (Lipinski definition) is 1. The Bertz CT molecular complexity index is 702. The molecule has 0 bridgehead atoms. The Morgan fingerprint density at radius 3 is 2.37 bits per heavy atom. The van der Waals surface area contributed by atoms with E-state index < -0.39 is 0 Å². The van der Waals surface area contributed by atoms with Crippen LogP contribution in [0.25, 0.3) is 16.9 Å². The largest absolute Gasteiger partial charge is 0.232 e. The van der Waals surface area contributed by atoms with Crippen LogP contribution in [0, 0.1) is 6.92 Å². The fraction of sp³-hybridized carbons (Fsp3) is 0.0625. The van der Waals surface area contributed by atoms with Gasteiger partial charge in [0.2, 0.25) is 0 Å². The Morgan fingerprint density at radius 1 is 0.947 bits per heavy atom. The molecule has 0 aliphatic heterocycles. The van der Waals surface area contributed by atoms with Crippen LogP contribution in [0.5, 0.6) is 0 Å². The Hall–Kier alpha value is -1.87. The highest BCUT2D eigenvalue weighted by molar-refractivity contribution is 9.10. The summed E-state index contributed by atoms with van der Waals surface area (Å²) in [5.41, 5.74) is 4.53. The fourth-order valence-corrected chi connectivity index (χ4v) is 2.66. The van der Waals surface area contributed by atoms with Crippen molar-refractivity contribution in [1.29, 1.82) is 0 Å². The summed E-state index contributed by atoms with van der Waals surface area (Å²) in [6, 6.07) is 18.5. The van der Waals surface area contributed by atoms with E-state index in [-0.39, 0.29) is 0 Å². The van der Waals surface area contributed by atoms with E-state index in [0.717, 1.165) is 21.4 Å². The van der Waals surface area contributed by atoms with Crippen LogP contribution in [0.2, 0.25) is 0 Å². The van der Waals surface area contributed by atoms with Crippen molar-refractivity contribution in [3.63, 3.8) is 0 Å². The van der Waals surface area contributed by atoms with E-state index in [1.807, 2.05) is 41.2 Å². The number of rotatable bonds is 2. The number of aryl methyl sites for hydroxylation is 1. The van der Waals surface area contributed by atoms with E-state index in [4.69, 9.17) is 0 Å². The van der Waals surface area contributed by atoms with E-state index in [0.29, 0.717) is 0 Å². The van der Waals surface area contributed by atoms with Crippen molar-refractivity contribution in [3.8, 4) is 16.9 Å². The minimum atomic E-state index is 1.00. The number of nitrogens with zero attached hydrogens (tertiary/aromatic N) is 2. The molecule has 0 atom stereocenters. The van der Waals surface area contributed by atoms with E-state index in [9.17, 15) is 0 Å². The van der Waals surface area contributed by atoms with Gasteiger partial charge < -0.3 is 0 Å². The zero-order valence-corrected chi connectivity index (χ0v) is 12.1. The molecule has 0 aliphatic rings. The van der Waals surface area contributed by atoms with Gasteiger partial charge >= 0.3 is 0 Å². The monoisotopic (exact) mass is 312 g/mol. The molecule has 0 saturated heterocycles. The average molecular weight is 313 g/mol. The molecule has 0 N–H and O–H groups in total. The smallest absolute Gasteiger partial charge is 0.0883 e. The quantitative estimate of drug-likeness (QED) is 0.675. The lowest BCUT2D eigenvalue weighted by atomic mass is 10.1. The molecular formula is C16H13BrN2. The van der Waals surface area contributed by atoms with Gasteiger partial charge in [-0.3, -0.25) is 0 Å². The van der Waals surface area contributed by atoms with Crippen LogP contribution in [0.4, 0.5) is 0 Å². The Balaban J connectivity index is 2.23. The van der Waals surface area contributed by atoms with E-state index in [1.165, 1.54) is 5.56 Å². The van der Waals surface area contributed by atoms with Gasteiger partial charge in [-0.15, -0.1) is 0 Å². The van der Waals surface area contributed by atoms with Crippen molar-refractivity contribution in [1.82, 2.24) is 9.78 Å². The van der Waals surface area contributed by atoms with Gasteiger partial charge in [0.05, 0.1) is 22.1 Å². The molecule has 0 spiro atoms. The summed E-state index contributed by atoms with van der Waals surface area (Å²) in [7, 11) is 0. The number of aromatic nitrogens is 2. The first-order chi connectivity index (χ1) is 9.27. The molecule has 19 heavy (non-hydrogen) atoms. The molecule has 0 radical (unpaired) electrons. The lowest BCUT2D eigenvalue weighted by molar-refractivity contribution is 0.880. The van der Waals surface area contributed by atoms with Gasteiger partial charge in [-0.05, 0) is 34.5 Å². The topological polar surface area (TPSA) is 17.8 Å². The van der Waals surface area contributed by atoms with Crippen molar-refractivity contribution < 1.29 is 0 Å². The lowest BCUT2D eigenvalue weighted by Crippen LogP contribution is -2.01. The number of benzene rings is 2. The number of para-hydroxylation sites is 1. The Morgan fingerprint density at radius 2 is 1.63 bits per heavy atom. The van der Waals surface area contributed by atoms with Crippen molar-refractivity contribution >= 4 is 15.9 Å². The molecule has 94 valence electrons. The molecular weight excluding hydrogens is 300 g/mol. The molecule has 3 rings (SSSR count). The minimum absolute atomic E-state index is 1.00. The van der Waals surface area contributed by atoms with Gasteiger partial charge in [0.1, 0.15) is 0 Å². The maximum atomic E-state index is 4.49. The molecule has 2 nitrogen and oxygen atoms in total. The van der Waals surface area contributed by atoms with Crippen LogP contribution in [0.3, 0.4) is 0 Å². The van der Waals surface area contributed by atoms with Crippen molar-refractivity contribution in [2.75, 3.05) is 0 Å². The second-order valence-electron chi connectivity index (χ2n) is 4.41. The highest BCUT2D eigenvalue weighted by atomic mass is 79.9. The molecule has 3 aromatic rings. The predicted molar refractivity (Wildman–Crippen MR) is 81.4 cm³/mol. The number of halogens is 1. The zero-order valence-electron chi connectivity index (χ0n) is 10.5. The van der Waals surface area contributed by atoms with Crippen molar-refractivity contribution in [3.05, 3.63) is 70.8 Å². The van der Waals surface area contributed by atoms with Crippen molar-refractivity contribution in [2.45, 2.75) is 6.92 Å². The first-order valence-corrected chi connectivity index (χ1v) is 6.91. The summed E-state index contributed by atoms with van der Waals surface area (Å²) in [5.74, 6) is 0. The molecule has 0 saturated carbocycles. The van der Waals surface area contributed by atoms with Crippen LogP contribution < -0.4 is 0 Å².